The van der Waals surface area contributed by atoms with Crippen LogP contribution in [0.4, 0.5) is 18.9 Å². The number of rotatable bonds is 2. The third kappa shape index (κ3) is 2.69. The number of aliphatic hydroxyl groups is 1. The summed E-state index contributed by atoms with van der Waals surface area (Å²) in [5, 5.41) is 14.3. The van der Waals surface area contributed by atoms with E-state index in [-0.39, 0.29) is 11.8 Å². The summed E-state index contributed by atoms with van der Waals surface area (Å²) in [7, 11) is 1.88. The lowest BCUT2D eigenvalue weighted by Crippen LogP contribution is -2.44. The average Bonchev–Trinajstić information content (AvgIpc) is 2.99. The molecule has 7 heteroatoms. The number of alkyl halides is 3. The van der Waals surface area contributed by atoms with Crippen LogP contribution in [0.25, 0.3) is 11.4 Å². The lowest BCUT2D eigenvalue weighted by Gasteiger charge is -2.30. The van der Waals surface area contributed by atoms with E-state index in [4.69, 9.17) is 0 Å². The van der Waals surface area contributed by atoms with E-state index >= 15 is 0 Å². The Kier molecular flexibility index (Phi) is 4.06. The SMILES string of the molecule is CC(C)C1=c2ccccc2=C2NN(c3ccc(C(F)(F)F)cc3)C(O)=C2N1C. The van der Waals surface area contributed by atoms with Crippen molar-refractivity contribution in [1.82, 2.24) is 10.3 Å². The molecule has 0 radical (unpaired) electrons. The van der Waals surface area contributed by atoms with Crippen LogP contribution in [0.15, 0.2) is 60.1 Å². The molecule has 0 aliphatic carbocycles. The van der Waals surface area contributed by atoms with Crippen LogP contribution in [-0.4, -0.2) is 17.1 Å². The van der Waals surface area contributed by atoms with Crippen LogP contribution in [0, 0.1) is 5.92 Å². The predicted octanol–water partition coefficient (Wildman–Crippen LogP) is 3.28. The minimum Gasteiger partial charge on any atom is -0.492 e. The zero-order valence-corrected chi connectivity index (χ0v) is 15.7. The fraction of sp³-hybridized carbons (Fsp3) is 0.238. The highest BCUT2D eigenvalue weighted by Gasteiger charge is 2.36. The standard InChI is InChI=1S/C21H20F3N3O/c1-12(2)18-16-7-5-4-6-15(16)17-19(26(18)3)20(28)27(25-17)14-10-8-13(9-11-14)21(22,23)24/h4-12,25,28H,1-3H3. The number of benzene rings is 2. The van der Waals surface area contributed by atoms with E-state index in [9.17, 15) is 18.3 Å². The van der Waals surface area contributed by atoms with Gasteiger partial charge in [0.15, 0.2) is 0 Å². The molecular formula is C21H20F3N3O. The number of likely N-dealkylation sites (N-methyl/N-ethyl adjacent to an activating group) is 1. The fourth-order valence-corrected chi connectivity index (χ4v) is 3.85. The number of halogens is 3. The molecule has 0 fully saturated rings. The zero-order chi connectivity index (χ0) is 20.2. The Morgan fingerprint density at radius 1 is 0.964 bits per heavy atom. The van der Waals surface area contributed by atoms with Crippen LogP contribution in [0.3, 0.4) is 0 Å². The van der Waals surface area contributed by atoms with Crippen LogP contribution >= 0.6 is 0 Å². The predicted molar refractivity (Wildman–Crippen MR) is 102 cm³/mol. The second-order valence-corrected chi connectivity index (χ2v) is 7.18. The lowest BCUT2D eigenvalue weighted by atomic mass is 9.99. The molecule has 0 spiro atoms. The van der Waals surface area contributed by atoms with E-state index in [1.165, 1.54) is 17.1 Å². The average molecular weight is 387 g/mol. The highest BCUT2D eigenvalue weighted by Crippen LogP contribution is 2.35. The Morgan fingerprint density at radius 3 is 2.14 bits per heavy atom. The van der Waals surface area contributed by atoms with Crippen molar-refractivity contribution in [2.24, 2.45) is 5.92 Å². The van der Waals surface area contributed by atoms with Gasteiger partial charge < -0.3 is 10.0 Å². The van der Waals surface area contributed by atoms with Gasteiger partial charge in [-0.25, -0.2) is 5.01 Å². The van der Waals surface area contributed by atoms with Gasteiger partial charge in [0, 0.05) is 23.2 Å². The first-order valence-electron chi connectivity index (χ1n) is 8.95. The molecule has 2 N–H and O–H groups in total. The van der Waals surface area contributed by atoms with Crippen LogP contribution in [0.1, 0.15) is 19.4 Å². The molecule has 2 heterocycles. The largest absolute Gasteiger partial charge is 0.492 e. The van der Waals surface area contributed by atoms with Crippen molar-refractivity contribution < 1.29 is 18.3 Å². The van der Waals surface area contributed by atoms with Crippen LogP contribution < -0.4 is 20.9 Å². The molecule has 0 aromatic heterocycles. The van der Waals surface area contributed by atoms with Gasteiger partial charge in [-0.3, -0.25) is 5.43 Å². The summed E-state index contributed by atoms with van der Waals surface area (Å²) < 4.78 is 38.5. The first-order valence-corrected chi connectivity index (χ1v) is 8.95. The fourth-order valence-electron chi connectivity index (χ4n) is 3.85. The van der Waals surface area contributed by atoms with E-state index < -0.39 is 11.7 Å². The molecule has 0 atom stereocenters. The first-order chi connectivity index (χ1) is 13.2. The molecule has 2 aromatic rings. The molecule has 146 valence electrons. The molecule has 4 rings (SSSR count). The van der Waals surface area contributed by atoms with Crippen molar-refractivity contribution in [2.45, 2.75) is 20.0 Å². The molecule has 0 unspecified atom stereocenters. The van der Waals surface area contributed by atoms with Gasteiger partial charge in [0.2, 0.25) is 5.88 Å². The summed E-state index contributed by atoms with van der Waals surface area (Å²) >= 11 is 0. The minimum absolute atomic E-state index is 0.0510. The third-order valence-corrected chi connectivity index (χ3v) is 5.05. The third-order valence-electron chi connectivity index (χ3n) is 5.05. The quantitative estimate of drug-likeness (QED) is 0.830. The highest BCUT2D eigenvalue weighted by atomic mass is 19.4. The summed E-state index contributed by atoms with van der Waals surface area (Å²) in [5.74, 6) is 0.165. The lowest BCUT2D eigenvalue weighted by molar-refractivity contribution is -0.137. The number of hydrogen-bond donors (Lipinski definition) is 2. The van der Waals surface area contributed by atoms with Gasteiger partial charge in [-0.05, 0) is 30.2 Å². The van der Waals surface area contributed by atoms with Gasteiger partial charge >= 0.3 is 6.18 Å². The molecule has 0 bridgehead atoms. The van der Waals surface area contributed by atoms with Gasteiger partial charge in [0.1, 0.15) is 5.70 Å². The second-order valence-electron chi connectivity index (χ2n) is 7.18. The number of fused-ring (bicyclic) bond motifs is 2. The van der Waals surface area contributed by atoms with Crippen molar-refractivity contribution in [3.05, 3.63) is 76.1 Å². The van der Waals surface area contributed by atoms with E-state index in [0.717, 1.165) is 34.0 Å². The van der Waals surface area contributed by atoms with E-state index in [0.29, 0.717) is 11.4 Å². The minimum atomic E-state index is -4.40. The van der Waals surface area contributed by atoms with Crippen molar-refractivity contribution in [3.63, 3.8) is 0 Å². The molecule has 4 nitrogen and oxygen atoms in total. The van der Waals surface area contributed by atoms with E-state index in [1.54, 1.807) is 0 Å². The number of hydrogen-bond acceptors (Lipinski definition) is 4. The maximum absolute atomic E-state index is 12.8. The smallest absolute Gasteiger partial charge is 0.416 e. The van der Waals surface area contributed by atoms with Gasteiger partial charge in [-0.15, -0.1) is 0 Å². The molecule has 2 aromatic carbocycles. The van der Waals surface area contributed by atoms with Crippen molar-refractivity contribution >= 4 is 17.1 Å². The molecule has 28 heavy (non-hydrogen) atoms. The Hall–Kier alpha value is -3.09. The maximum atomic E-state index is 12.8. The van der Waals surface area contributed by atoms with Crippen LogP contribution in [-0.2, 0) is 6.18 Å². The number of anilines is 1. The van der Waals surface area contributed by atoms with Gasteiger partial charge in [-0.1, -0.05) is 38.1 Å². The number of nitrogens with zero attached hydrogens (tertiary/aromatic N) is 2. The Morgan fingerprint density at radius 2 is 1.57 bits per heavy atom. The molecule has 0 amide bonds. The van der Waals surface area contributed by atoms with E-state index in [1.807, 2.05) is 36.2 Å². The van der Waals surface area contributed by atoms with Crippen molar-refractivity contribution in [2.75, 3.05) is 12.1 Å². The molecule has 2 aliphatic heterocycles. The Bertz CT molecular complexity index is 1090. The molecular weight excluding hydrogens is 367 g/mol. The second kappa shape index (κ2) is 6.22. The topological polar surface area (TPSA) is 38.7 Å². The molecule has 0 saturated carbocycles. The zero-order valence-electron chi connectivity index (χ0n) is 15.7. The number of nitrogens with one attached hydrogen (secondary N) is 1. The summed E-state index contributed by atoms with van der Waals surface area (Å²) in [6, 6.07) is 12.6. The number of hydrazine groups is 1. The first kappa shape index (κ1) is 18.3. The normalized spacial score (nSPS) is 16.5. The van der Waals surface area contributed by atoms with Crippen LogP contribution in [0.5, 0.6) is 0 Å². The Labute approximate surface area is 160 Å². The molecule has 2 aliphatic rings. The van der Waals surface area contributed by atoms with Crippen molar-refractivity contribution in [1.29, 1.82) is 0 Å². The maximum Gasteiger partial charge on any atom is 0.416 e. The van der Waals surface area contributed by atoms with Crippen LogP contribution in [0.2, 0.25) is 0 Å². The van der Waals surface area contributed by atoms with Crippen molar-refractivity contribution in [3.8, 4) is 0 Å². The highest BCUT2D eigenvalue weighted by molar-refractivity contribution is 5.77. The summed E-state index contributed by atoms with van der Waals surface area (Å²) in [6.45, 7) is 4.17. The van der Waals surface area contributed by atoms with E-state index in [2.05, 4.69) is 19.3 Å². The van der Waals surface area contributed by atoms with Gasteiger partial charge in [0.25, 0.3) is 0 Å². The monoisotopic (exact) mass is 387 g/mol. The number of aliphatic hydroxyl groups excluding tert-OH is 1. The summed E-state index contributed by atoms with van der Waals surface area (Å²) in [6.07, 6.45) is -4.40. The Balaban J connectivity index is 1.85. The summed E-state index contributed by atoms with van der Waals surface area (Å²) in [5.41, 5.74) is 5.22. The molecule has 0 saturated heterocycles. The van der Waals surface area contributed by atoms with Gasteiger partial charge in [0.05, 0.1) is 16.9 Å². The van der Waals surface area contributed by atoms with Gasteiger partial charge in [-0.2, -0.15) is 13.2 Å². The summed E-state index contributed by atoms with van der Waals surface area (Å²) in [4.78, 5) is 1.94.